The molecule has 1 aliphatic rings. The SMILES string of the molecule is CCCCCC/C=C/CCCCCCCCCCCC(=O)OC[C@H](CO[C@@H]1O[C@H](CO)[C@H](O)C(O)C1O)OC(=O)CCCCCCCCCCCCCCCCCCCC. The molecule has 6 atom stereocenters. The number of hydrogen-bond acceptors (Lipinski definition) is 10. The van der Waals surface area contributed by atoms with E-state index < -0.39 is 49.4 Å². The minimum Gasteiger partial charge on any atom is -0.462 e. The molecule has 354 valence electrons. The van der Waals surface area contributed by atoms with Crippen molar-refractivity contribution in [2.75, 3.05) is 19.8 Å². The molecule has 1 rings (SSSR count). The lowest BCUT2D eigenvalue weighted by molar-refractivity contribution is -0.305. The van der Waals surface area contributed by atoms with Crippen LogP contribution in [-0.2, 0) is 28.5 Å². The number of ether oxygens (including phenoxy) is 4. The van der Waals surface area contributed by atoms with Crippen LogP contribution in [0.4, 0.5) is 0 Å². The second kappa shape index (κ2) is 41.5. The van der Waals surface area contributed by atoms with Crippen LogP contribution in [0.1, 0.15) is 239 Å². The molecule has 1 saturated heterocycles. The van der Waals surface area contributed by atoms with Gasteiger partial charge in [-0.1, -0.05) is 199 Å². The first kappa shape index (κ1) is 56.5. The number of aliphatic hydroxyl groups is 4. The van der Waals surface area contributed by atoms with Gasteiger partial charge in [0.1, 0.15) is 31.0 Å². The summed E-state index contributed by atoms with van der Waals surface area (Å²) in [6, 6.07) is 0. The molecular weight excluding hydrogens is 761 g/mol. The molecule has 60 heavy (non-hydrogen) atoms. The van der Waals surface area contributed by atoms with Gasteiger partial charge in [-0.3, -0.25) is 9.59 Å². The van der Waals surface area contributed by atoms with Gasteiger partial charge >= 0.3 is 11.9 Å². The van der Waals surface area contributed by atoms with E-state index in [2.05, 4.69) is 26.0 Å². The van der Waals surface area contributed by atoms with Crippen molar-refractivity contribution < 1.29 is 49.0 Å². The lowest BCUT2D eigenvalue weighted by atomic mass is 9.99. The van der Waals surface area contributed by atoms with Gasteiger partial charge in [0.25, 0.3) is 0 Å². The maximum atomic E-state index is 12.8. The van der Waals surface area contributed by atoms with Crippen LogP contribution in [-0.4, -0.2) is 89.0 Å². The van der Waals surface area contributed by atoms with E-state index in [0.717, 1.165) is 38.5 Å². The highest BCUT2D eigenvalue weighted by Crippen LogP contribution is 2.23. The summed E-state index contributed by atoms with van der Waals surface area (Å²) in [5.41, 5.74) is 0. The number of aliphatic hydroxyl groups excluding tert-OH is 4. The standard InChI is InChI=1S/C50H94O10/c1-3-5-7-9-11-13-15-17-19-21-23-25-27-29-31-33-35-37-39-46(53)59-43(42-58-50-49(56)48(55)47(54)44(40-51)60-50)41-57-45(52)38-36-34-32-30-28-26-24-22-20-18-16-14-12-10-8-6-4-2/h14,16,43-44,47-51,54-56H,3-13,15,17-42H2,1-2H3/b16-14+/t43-,44-,47+,48?,49?,50-/m1/s1. The average Bonchev–Trinajstić information content (AvgIpc) is 3.25. The third-order valence-electron chi connectivity index (χ3n) is 11.9. The van der Waals surface area contributed by atoms with Crippen LogP contribution in [0.15, 0.2) is 12.2 Å². The van der Waals surface area contributed by atoms with Crippen LogP contribution in [0.3, 0.4) is 0 Å². The molecule has 1 aliphatic heterocycles. The van der Waals surface area contributed by atoms with Crippen molar-refractivity contribution in [1.29, 1.82) is 0 Å². The Kier molecular flexibility index (Phi) is 39.0. The van der Waals surface area contributed by atoms with Crippen LogP contribution in [0, 0.1) is 0 Å². The first-order valence-electron chi connectivity index (χ1n) is 25.3. The number of carbonyl (C=O) groups excluding carboxylic acids is 2. The van der Waals surface area contributed by atoms with Gasteiger partial charge in [-0.2, -0.15) is 0 Å². The number of esters is 2. The molecule has 10 heteroatoms. The van der Waals surface area contributed by atoms with Crippen molar-refractivity contribution in [3.05, 3.63) is 12.2 Å². The van der Waals surface area contributed by atoms with E-state index in [1.54, 1.807) is 0 Å². The van der Waals surface area contributed by atoms with Crippen molar-refractivity contribution in [2.45, 2.75) is 275 Å². The molecule has 4 N–H and O–H groups in total. The van der Waals surface area contributed by atoms with E-state index >= 15 is 0 Å². The molecule has 0 radical (unpaired) electrons. The molecule has 0 amide bonds. The Hall–Kier alpha value is -1.56. The summed E-state index contributed by atoms with van der Waals surface area (Å²) in [5.74, 6) is -0.794. The van der Waals surface area contributed by atoms with Gasteiger partial charge < -0.3 is 39.4 Å². The van der Waals surface area contributed by atoms with Gasteiger partial charge in [0.2, 0.25) is 0 Å². The minimum atomic E-state index is -1.59. The molecule has 2 unspecified atom stereocenters. The Bertz CT molecular complexity index is 990. The topological polar surface area (TPSA) is 152 Å². The van der Waals surface area contributed by atoms with E-state index in [-0.39, 0.29) is 32.0 Å². The summed E-state index contributed by atoms with van der Waals surface area (Å²) in [6.45, 7) is 3.45. The van der Waals surface area contributed by atoms with Gasteiger partial charge in [-0.25, -0.2) is 0 Å². The van der Waals surface area contributed by atoms with Crippen LogP contribution >= 0.6 is 0 Å². The number of rotatable bonds is 43. The molecule has 0 bridgehead atoms. The molecule has 1 fully saturated rings. The smallest absolute Gasteiger partial charge is 0.306 e. The number of allylic oxidation sites excluding steroid dienone is 2. The van der Waals surface area contributed by atoms with Crippen LogP contribution < -0.4 is 0 Å². The summed E-state index contributed by atoms with van der Waals surface area (Å²) < 4.78 is 22.2. The molecule has 0 saturated carbocycles. The molecule has 10 nitrogen and oxygen atoms in total. The third-order valence-corrected chi connectivity index (χ3v) is 11.9. The Labute approximate surface area is 367 Å². The Morgan fingerprint density at radius 1 is 0.500 bits per heavy atom. The fourth-order valence-electron chi connectivity index (χ4n) is 7.89. The molecule has 0 aliphatic carbocycles. The van der Waals surface area contributed by atoms with Gasteiger partial charge in [0, 0.05) is 12.8 Å². The summed E-state index contributed by atoms with van der Waals surface area (Å²) in [5, 5.41) is 40.2. The minimum absolute atomic E-state index is 0.212. The quantitative estimate of drug-likeness (QED) is 0.0265. The first-order chi connectivity index (χ1) is 29.3. The summed E-state index contributed by atoms with van der Waals surface area (Å²) in [6.07, 6.45) is 37.8. The van der Waals surface area contributed by atoms with Crippen molar-refractivity contribution in [1.82, 2.24) is 0 Å². The van der Waals surface area contributed by atoms with Gasteiger partial charge in [-0.15, -0.1) is 0 Å². The highest BCUT2D eigenvalue weighted by molar-refractivity contribution is 5.70. The highest BCUT2D eigenvalue weighted by Gasteiger charge is 2.44. The van der Waals surface area contributed by atoms with E-state index in [0.29, 0.717) is 6.42 Å². The number of hydrogen-bond donors (Lipinski definition) is 4. The fraction of sp³-hybridized carbons (Fsp3) is 0.920. The van der Waals surface area contributed by atoms with Crippen molar-refractivity contribution >= 4 is 11.9 Å². The fourth-order valence-corrected chi connectivity index (χ4v) is 7.89. The van der Waals surface area contributed by atoms with Gasteiger partial charge in [-0.05, 0) is 38.5 Å². The highest BCUT2D eigenvalue weighted by atomic mass is 16.7. The normalized spacial score (nSPS) is 19.9. The molecule has 0 aromatic carbocycles. The first-order valence-corrected chi connectivity index (χ1v) is 25.3. The molecule has 0 spiro atoms. The zero-order chi connectivity index (χ0) is 43.7. The Morgan fingerprint density at radius 2 is 0.883 bits per heavy atom. The van der Waals surface area contributed by atoms with Crippen molar-refractivity contribution in [3.63, 3.8) is 0 Å². The summed E-state index contributed by atoms with van der Waals surface area (Å²) >= 11 is 0. The maximum absolute atomic E-state index is 12.8. The van der Waals surface area contributed by atoms with Gasteiger partial charge in [0.05, 0.1) is 13.2 Å². The zero-order valence-corrected chi connectivity index (χ0v) is 38.7. The van der Waals surface area contributed by atoms with Crippen LogP contribution in [0.25, 0.3) is 0 Å². The largest absolute Gasteiger partial charge is 0.462 e. The second-order valence-corrected chi connectivity index (χ2v) is 17.6. The average molecular weight is 855 g/mol. The number of carbonyl (C=O) groups is 2. The third kappa shape index (κ3) is 32.2. The Balaban J connectivity index is 2.26. The van der Waals surface area contributed by atoms with Crippen LogP contribution in [0.5, 0.6) is 0 Å². The predicted octanol–water partition coefficient (Wildman–Crippen LogP) is 11.5. The van der Waals surface area contributed by atoms with E-state index in [1.807, 2.05) is 0 Å². The molecule has 0 aromatic heterocycles. The monoisotopic (exact) mass is 855 g/mol. The lowest BCUT2D eigenvalue weighted by Crippen LogP contribution is -2.59. The number of unbranched alkanes of at least 4 members (excludes halogenated alkanes) is 30. The van der Waals surface area contributed by atoms with Crippen molar-refractivity contribution in [2.24, 2.45) is 0 Å². The van der Waals surface area contributed by atoms with Crippen molar-refractivity contribution in [3.8, 4) is 0 Å². The van der Waals surface area contributed by atoms with E-state index in [9.17, 15) is 30.0 Å². The van der Waals surface area contributed by atoms with E-state index in [1.165, 1.54) is 167 Å². The van der Waals surface area contributed by atoms with E-state index in [4.69, 9.17) is 18.9 Å². The summed E-state index contributed by atoms with van der Waals surface area (Å²) in [4.78, 5) is 25.4. The lowest BCUT2D eigenvalue weighted by Gasteiger charge is -2.39. The molecular formula is C50H94O10. The maximum Gasteiger partial charge on any atom is 0.306 e. The molecule has 1 heterocycles. The summed E-state index contributed by atoms with van der Waals surface area (Å²) in [7, 11) is 0. The molecule has 0 aromatic rings. The Morgan fingerprint density at radius 3 is 1.32 bits per heavy atom. The van der Waals surface area contributed by atoms with Gasteiger partial charge in [0.15, 0.2) is 12.4 Å². The second-order valence-electron chi connectivity index (χ2n) is 17.6. The van der Waals surface area contributed by atoms with Crippen LogP contribution in [0.2, 0.25) is 0 Å². The predicted molar refractivity (Wildman–Crippen MR) is 243 cm³/mol. The zero-order valence-electron chi connectivity index (χ0n) is 38.7.